The van der Waals surface area contributed by atoms with Gasteiger partial charge in [-0.15, -0.1) is 0 Å². The Morgan fingerprint density at radius 3 is 3.00 bits per heavy atom. The third kappa shape index (κ3) is 4.54. The van der Waals surface area contributed by atoms with E-state index in [9.17, 15) is 0 Å². The van der Waals surface area contributed by atoms with E-state index in [0.29, 0.717) is 6.61 Å². The molecule has 2 saturated heterocycles. The molecule has 23 heavy (non-hydrogen) atoms. The van der Waals surface area contributed by atoms with E-state index in [0.717, 1.165) is 51.7 Å². The molecule has 5 heteroatoms. The molecule has 126 valence electrons. The molecule has 1 aromatic carbocycles. The van der Waals surface area contributed by atoms with Crippen molar-refractivity contribution in [2.24, 2.45) is 0 Å². The van der Waals surface area contributed by atoms with Crippen LogP contribution in [0.1, 0.15) is 5.56 Å². The van der Waals surface area contributed by atoms with Crippen molar-refractivity contribution in [3.05, 3.63) is 35.9 Å². The first kappa shape index (κ1) is 16.5. The smallest absolute Gasteiger partial charge is 0.118 e. The quantitative estimate of drug-likeness (QED) is 0.909. The molecule has 0 aromatic heterocycles. The molecule has 0 unspecified atom stereocenters. The first-order valence-electron chi connectivity index (χ1n) is 8.25. The summed E-state index contributed by atoms with van der Waals surface area (Å²) in [7, 11) is 1.69. The molecule has 1 spiro atoms. The largest absolute Gasteiger partial charge is 0.497 e. The van der Waals surface area contributed by atoms with Crippen molar-refractivity contribution in [3.8, 4) is 5.75 Å². The number of nitrogens with one attached hydrogen (secondary N) is 1. The topological polar surface area (TPSA) is 43.0 Å². The predicted molar refractivity (Wildman–Crippen MR) is 90.8 cm³/mol. The highest BCUT2D eigenvalue weighted by Crippen LogP contribution is 2.20. The van der Waals surface area contributed by atoms with Gasteiger partial charge in [-0.3, -0.25) is 4.90 Å². The number of methoxy groups -OCH3 is 1. The van der Waals surface area contributed by atoms with Gasteiger partial charge in [0.05, 0.1) is 26.9 Å². The van der Waals surface area contributed by atoms with Crippen molar-refractivity contribution in [1.29, 1.82) is 0 Å². The number of hydrogen-bond donors (Lipinski definition) is 1. The van der Waals surface area contributed by atoms with Crippen molar-refractivity contribution in [3.63, 3.8) is 0 Å². The summed E-state index contributed by atoms with van der Waals surface area (Å²) in [5.74, 6) is 0.887. The monoisotopic (exact) mass is 318 g/mol. The van der Waals surface area contributed by atoms with E-state index in [2.05, 4.69) is 34.5 Å². The maximum Gasteiger partial charge on any atom is 0.118 e. The highest BCUT2D eigenvalue weighted by Gasteiger charge is 2.37. The zero-order valence-corrected chi connectivity index (χ0v) is 13.8. The van der Waals surface area contributed by atoms with Gasteiger partial charge >= 0.3 is 0 Å². The summed E-state index contributed by atoms with van der Waals surface area (Å²) in [4.78, 5) is 2.43. The van der Waals surface area contributed by atoms with Crippen LogP contribution in [0.5, 0.6) is 5.75 Å². The van der Waals surface area contributed by atoms with Crippen molar-refractivity contribution in [1.82, 2.24) is 10.2 Å². The molecule has 0 bridgehead atoms. The summed E-state index contributed by atoms with van der Waals surface area (Å²) in [6.45, 7) is 6.79. The molecule has 0 amide bonds. The summed E-state index contributed by atoms with van der Waals surface area (Å²) in [6.07, 6.45) is 4.37. The standard InChI is InChI=1S/C18H26N2O3/c1-21-17-6-4-16(5-7-17)3-2-9-20-10-12-23-18(14-20)13-19-8-11-22-15-18/h2-7,19H,8-15H2,1H3/b3-2+/t18-/m1/s1. The maximum absolute atomic E-state index is 6.04. The minimum atomic E-state index is -0.192. The molecule has 0 saturated carbocycles. The van der Waals surface area contributed by atoms with Gasteiger partial charge in [0.1, 0.15) is 11.4 Å². The molecule has 2 heterocycles. The third-order valence-corrected chi connectivity index (χ3v) is 4.35. The van der Waals surface area contributed by atoms with Gasteiger partial charge in [0.15, 0.2) is 0 Å². The fourth-order valence-electron chi connectivity index (χ4n) is 3.10. The zero-order valence-electron chi connectivity index (χ0n) is 13.8. The number of hydrogen-bond acceptors (Lipinski definition) is 5. The fraction of sp³-hybridized carbons (Fsp3) is 0.556. The Hall–Kier alpha value is -1.40. The van der Waals surface area contributed by atoms with Crippen LogP contribution < -0.4 is 10.1 Å². The van der Waals surface area contributed by atoms with Crippen molar-refractivity contribution < 1.29 is 14.2 Å². The average molecular weight is 318 g/mol. The highest BCUT2D eigenvalue weighted by atomic mass is 16.5. The number of nitrogens with zero attached hydrogens (tertiary/aromatic N) is 1. The van der Waals surface area contributed by atoms with Gasteiger partial charge in [0.2, 0.25) is 0 Å². The Labute approximate surface area is 138 Å². The Morgan fingerprint density at radius 1 is 1.30 bits per heavy atom. The molecule has 1 aromatic rings. The van der Waals surface area contributed by atoms with Crippen molar-refractivity contribution in [2.45, 2.75) is 5.60 Å². The fourth-order valence-corrected chi connectivity index (χ4v) is 3.10. The highest BCUT2D eigenvalue weighted by molar-refractivity contribution is 5.50. The van der Waals surface area contributed by atoms with Gasteiger partial charge in [-0.2, -0.15) is 0 Å². The molecule has 5 nitrogen and oxygen atoms in total. The first-order chi connectivity index (χ1) is 11.3. The summed E-state index contributed by atoms with van der Waals surface area (Å²) in [6, 6.07) is 8.11. The third-order valence-electron chi connectivity index (χ3n) is 4.35. The molecular formula is C18H26N2O3. The van der Waals surface area contributed by atoms with Crippen LogP contribution >= 0.6 is 0 Å². The molecule has 2 aliphatic heterocycles. The molecule has 0 aliphatic carbocycles. The van der Waals surface area contributed by atoms with Crippen LogP contribution in [0.2, 0.25) is 0 Å². The van der Waals surface area contributed by atoms with Crippen LogP contribution in [-0.4, -0.2) is 70.2 Å². The lowest BCUT2D eigenvalue weighted by Gasteiger charge is -2.41. The van der Waals surface area contributed by atoms with Gasteiger partial charge in [0.25, 0.3) is 0 Å². The van der Waals surface area contributed by atoms with Gasteiger partial charge < -0.3 is 19.5 Å². The van der Waals surface area contributed by atoms with Gasteiger partial charge in [-0.25, -0.2) is 0 Å². The predicted octanol–water partition coefficient (Wildman–Crippen LogP) is 1.40. The Kier molecular flexibility index (Phi) is 5.67. The lowest BCUT2D eigenvalue weighted by atomic mass is 10.0. The zero-order chi connectivity index (χ0) is 16.0. The minimum absolute atomic E-state index is 0.192. The summed E-state index contributed by atoms with van der Waals surface area (Å²) < 4.78 is 16.9. The summed E-state index contributed by atoms with van der Waals surface area (Å²) in [5.41, 5.74) is 0.996. The van der Waals surface area contributed by atoms with Gasteiger partial charge in [0, 0.05) is 32.7 Å². The van der Waals surface area contributed by atoms with Gasteiger partial charge in [-0.1, -0.05) is 24.3 Å². The summed E-state index contributed by atoms with van der Waals surface area (Å²) >= 11 is 0. The number of ether oxygens (including phenoxy) is 3. The van der Waals surface area contributed by atoms with Gasteiger partial charge in [-0.05, 0) is 17.7 Å². The lowest BCUT2D eigenvalue weighted by molar-refractivity contribution is -0.131. The molecular weight excluding hydrogens is 292 g/mol. The van der Waals surface area contributed by atoms with Crippen LogP contribution in [0.3, 0.4) is 0 Å². The number of benzene rings is 1. The lowest BCUT2D eigenvalue weighted by Crippen LogP contribution is -2.58. The van der Waals surface area contributed by atoms with E-state index < -0.39 is 0 Å². The van der Waals surface area contributed by atoms with Crippen molar-refractivity contribution >= 4 is 6.08 Å². The van der Waals surface area contributed by atoms with E-state index in [1.165, 1.54) is 5.56 Å². The van der Waals surface area contributed by atoms with E-state index >= 15 is 0 Å². The normalized spacial score (nSPS) is 26.5. The molecule has 0 radical (unpaired) electrons. The van der Waals surface area contributed by atoms with Crippen molar-refractivity contribution in [2.75, 3.05) is 59.7 Å². The van der Waals surface area contributed by atoms with Crippen LogP contribution in [0, 0.1) is 0 Å². The Bertz CT molecular complexity index is 508. The Morgan fingerprint density at radius 2 is 2.17 bits per heavy atom. The minimum Gasteiger partial charge on any atom is -0.497 e. The second kappa shape index (κ2) is 7.93. The second-order valence-corrected chi connectivity index (χ2v) is 6.17. The first-order valence-corrected chi connectivity index (χ1v) is 8.25. The van der Waals surface area contributed by atoms with E-state index in [1.54, 1.807) is 7.11 Å². The molecule has 1 atom stereocenters. The average Bonchev–Trinajstić information content (AvgIpc) is 2.81. The SMILES string of the molecule is COc1ccc(/C=C/CN2CCO[C@]3(CNCCOC3)C2)cc1. The van der Waals surface area contributed by atoms with E-state index in [4.69, 9.17) is 14.2 Å². The summed E-state index contributed by atoms with van der Waals surface area (Å²) in [5, 5.41) is 3.41. The van der Waals surface area contributed by atoms with E-state index in [1.807, 2.05) is 12.1 Å². The van der Waals surface area contributed by atoms with Crippen LogP contribution in [-0.2, 0) is 9.47 Å². The molecule has 2 fully saturated rings. The second-order valence-electron chi connectivity index (χ2n) is 6.17. The number of rotatable bonds is 4. The Balaban J connectivity index is 1.53. The molecule has 1 N–H and O–H groups in total. The maximum atomic E-state index is 6.04. The molecule has 3 rings (SSSR count). The van der Waals surface area contributed by atoms with Crippen LogP contribution in [0.25, 0.3) is 6.08 Å². The van der Waals surface area contributed by atoms with E-state index in [-0.39, 0.29) is 5.60 Å². The molecule has 2 aliphatic rings. The van der Waals surface area contributed by atoms with Crippen LogP contribution in [0.15, 0.2) is 30.3 Å². The van der Waals surface area contributed by atoms with Crippen LogP contribution in [0.4, 0.5) is 0 Å². The number of morpholine rings is 1.